The summed E-state index contributed by atoms with van der Waals surface area (Å²) in [4.78, 5) is 11.8. The van der Waals surface area contributed by atoms with E-state index < -0.39 is 0 Å². The van der Waals surface area contributed by atoms with Crippen LogP contribution in [0.5, 0.6) is 5.75 Å². The number of hydrogen-bond acceptors (Lipinski definition) is 4. The Morgan fingerprint density at radius 2 is 2.20 bits per heavy atom. The van der Waals surface area contributed by atoms with Crippen LogP contribution >= 0.6 is 15.9 Å². The van der Waals surface area contributed by atoms with Crippen LogP contribution in [0, 0.1) is 0 Å². The van der Waals surface area contributed by atoms with Gasteiger partial charge in [-0.2, -0.15) is 0 Å². The summed E-state index contributed by atoms with van der Waals surface area (Å²) < 4.78 is 6.23. The standard InChI is InChI=1S/C14H19BrN2O3/c15-11-2-1-3-12(14(11)19)17-13(18)6-9-20-10-4-7-16-8-5-10/h1-3,10,16,19H,4-9H2,(H,17,18). The highest BCUT2D eigenvalue weighted by atomic mass is 79.9. The maximum atomic E-state index is 11.8. The van der Waals surface area contributed by atoms with Gasteiger partial charge in [-0.15, -0.1) is 0 Å². The molecule has 1 aromatic carbocycles. The van der Waals surface area contributed by atoms with Crippen molar-refractivity contribution < 1.29 is 14.6 Å². The van der Waals surface area contributed by atoms with Crippen LogP contribution in [0.1, 0.15) is 19.3 Å². The summed E-state index contributed by atoms with van der Waals surface area (Å²) >= 11 is 3.21. The third kappa shape index (κ3) is 4.47. The average molecular weight is 343 g/mol. The molecule has 20 heavy (non-hydrogen) atoms. The van der Waals surface area contributed by atoms with Crippen LogP contribution in [-0.4, -0.2) is 36.8 Å². The molecule has 1 fully saturated rings. The molecule has 110 valence electrons. The number of halogens is 1. The van der Waals surface area contributed by atoms with Crippen LogP contribution < -0.4 is 10.6 Å². The number of phenols is 1. The summed E-state index contributed by atoms with van der Waals surface area (Å²) in [7, 11) is 0. The molecule has 1 heterocycles. The molecule has 1 saturated heterocycles. The predicted octanol–water partition coefficient (Wildman–Crippen LogP) is 2.25. The van der Waals surface area contributed by atoms with Crippen LogP contribution in [-0.2, 0) is 9.53 Å². The number of aromatic hydroxyl groups is 1. The first-order valence-corrected chi connectivity index (χ1v) is 7.56. The quantitative estimate of drug-likeness (QED) is 0.718. The first-order chi connectivity index (χ1) is 9.66. The van der Waals surface area contributed by atoms with Crippen LogP contribution in [0.4, 0.5) is 5.69 Å². The Morgan fingerprint density at radius 3 is 2.95 bits per heavy atom. The van der Waals surface area contributed by atoms with Gasteiger partial charge >= 0.3 is 0 Å². The zero-order valence-electron chi connectivity index (χ0n) is 11.2. The van der Waals surface area contributed by atoms with E-state index in [1.54, 1.807) is 18.2 Å². The molecule has 0 radical (unpaired) electrons. The van der Waals surface area contributed by atoms with E-state index in [4.69, 9.17) is 4.74 Å². The van der Waals surface area contributed by atoms with Gasteiger partial charge in [-0.3, -0.25) is 4.79 Å². The number of anilines is 1. The number of piperidine rings is 1. The van der Waals surface area contributed by atoms with E-state index in [1.165, 1.54) is 0 Å². The van der Waals surface area contributed by atoms with Gasteiger partial charge in [0.1, 0.15) is 0 Å². The summed E-state index contributed by atoms with van der Waals surface area (Å²) in [6.45, 7) is 2.36. The first kappa shape index (κ1) is 15.3. The van der Waals surface area contributed by atoms with Gasteiger partial charge in [0.15, 0.2) is 5.75 Å². The fraction of sp³-hybridized carbons (Fsp3) is 0.500. The summed E-state index contributed by atoms with van der Waals surface area (Å²) in [6.07, 6.45) is 2.53. The van der Waals surface area contributed by atoms with Crippen molar-refractivity contribution in [3.05, 3.63) is 22.7 Å². The minimum atomic E-state index is -0.160. The molecule has 0 bridgehead atoms. The number of benzene rings is 1. The normalized spacial score (nSPS) is 16.1. The van der Waals surface area contributed by atoms with Gasteiger partial charge in [0.25, 0.3) is 0 Å². The van der Waals surface area contributed by atoms with E-state index in [0.717, 1.165) is 25.9 Å². The van der Waals surface area contributed by atoms with E-state index >= 15 is 0 Å². The molecule has 0 atom stereocenters. The number of rotatable bonds is 5. The Balaban J connectivity index is 1.73. The van der Waals surface area contributed by atoms with Crippen molar-refractivity contribution in [3.8, 4) is 5.75 Å². The fourth-order valence-electron chi connectivity index (χ4n) is 2.11. The van der Waals surface area contributed by atoms with Crippen molar-refractivity contribution in [2.45, 2.75) is 25.4 Å². The molecule has 1 amide bonds. The van der Waals surface area contributed by atoms with Gasteiger partial charge in [-0.25, -0.2) is 0 Å². The third-order valence-electron chi connectivity index (χ3n) is 3.23. The lowest BCUT2D eigenvalue weighted by Gasteiger charge is -2.22. The van der Waals surface area contributed by atoms with Crippen LogP contribution in [0.2, 0.25) is 0 Å². The van der Waals surface area contributed by atoms with Crippen LogP contribution in [0.3, 0.4) is 0 Å². The number of para-hydroxylation sites is 1. The van der Waals surface area contributed by atoms with Crippen molar-refractivity contribution in [1.29, 1.82) is 0 Å². The Morgan fingerprint density at radius 1 is 1.45 bits per heavy atom. The zero-order chi connectivity index (χ0) is 14.4. The van der Waals surface area contributed by atoms with E-state index in [-0.39, 0.29) is 24.2 Å². The number of hydrogen-bond donors (Lipinski definition) is 3. The number of amides is 1. The Labute approximate surface area is 126 Å². The second kappa shape index (κ2) is 7.61. The monoisotopic (exact) mass is 342 g/mol. The van der Waals surface area contributed by atoms with E-state index in [2.05, 4.69) is 26.6 Å². The summed E-state index contributed by atoms with van der Waals surface area (Å²) in [5, 5.41) is 15.7. The van der Waals surface area contributed by atoms with E-state index in [0.29, 0.717) is 16.8 Å². The second-order valence-corrected chi connectivity index (χ2v) is 5.61. The highest BCUT2D eigenvalue weighted by Crippen LogP contribution is 2.31. The second-order valence-electron chi connectivity index (χ2n) is 4.75. The molecule has 6 heteroatoms. The van der Waals surface area contributed by atoms with E-state index in [9.17, 15) is 9.90 Å². The summed E-state index contributed by atoms with van der Waals surface area (Å²) in [6, 6.07) is 5.13. The highest BCUT2D eigenvalue weighted by molar-refractivity contribution is 9.10. The Hall–Kier alpha value is -1.11. The third-order valence-corrected chi connectivity index (χ3v) is 3.87. The lowest BCUT2D eigenvalue weighted by Crippen LogP contribution is -2.33. The van der Waals surface area contributed by atoms with Crippen molar-refractivity contribution in [1.82, 2.24) is 5.32 Å². The molecule has 0 aromatic heterocycles. The largest absolute Gasteiger partial charge is 0.505 e. The lowest BCUT2D eigenvalue weighted by molar-refractivity contribution is -0.117. The molecule has 0 aliphatic carbocycles. The van der Waals surface area contributed by atoms with Crippen LogP contribution in [0.15, 0.2) is 22.7 Å². The smallest absolute Gasteiger partial charge is 0.226 e. The maximum Gasteiger partial charge on any atom is 0.226 e. The lowest BCUT2D eigenvalue weighted by atomic mass is 10.1. The van der Waals surface area contributed by atoms with Gasteiger partial charge in [-0.1, -0.05) is 6.07 Å². The summed E-state index contributed by atoms with van der Waals surface area (Å²) in [5.74, 6) is -0.118. The van der Waals surface area contributed by atoms with Crippen molar-refractivity contribution in [2.24, 2.45) is 0 Å². The van der Waals surface area contributed by atoms with Gasteiger partial charge in [0.2, 0.25) is 5.91 Å². The number of ether oxygens (including phenoxy) is 1. The van der Waals surface area contributed by atoms with Crippen LogP contribution in [0.25, 0.3) is 0 Å². The Kier molecular flexibility index (Phi) is 5.82. The number of carbonyl (C=O) groups is 1. The maximum absolute atomic E-state index is 11.8. The Bertz CT molecular complexity index is 462. The summed E-state index contributed by atoms with van der Waals surface area (Å²) in [5.41, 5.74) is 0.409. The molecule has 0 spiro atoms. The molecule has 5 nitrogen and oxygen atoms in total. The van der Waals surface area contributed by atoms with E-state index in [1.807, 2.05) is 0 Å². The molecule has 0 saturated carbocycles. The zero-order valence-corrected chi connectivity index (χ0v) is 12.8. The molecule has 0 unspecified atom stereocenters. The minimum Gasteiger partial charge on any atom is -0.505 e. The van der Waals surface area contributed by atoms with Gasteiger partial charge in [-0.05, 0) is 54.0 Å². The average Bonchev–Trinajstić information content (AvgIpc) is 2.45. The fourth-order valence-corrected chi connectivity index (χ4v) is 2.48. The number of nitrogens with one attached hydrogen (secondary N) is 2. The molecular weight excluding hydrogens is 324 g/mol. The molecular formula is C14H19BrN2O3. The molecule has 1 aliphatic rings. The number of phenolic OH excluding ortho intramolecular Hbond substituents is 1. The molecule has 1 aromatic rings. The number of carbonyl (C=O) groups excluding carboxylic acids is 1. The highest BCUT2D eigenvalue weighted by Gasteiger charge is 2.14. The predicted molar refractivity (Wildman–Crippen MR) is 80.9 cm³/mol. The topological polar surface area (TPSA) is 70.6 Å². The van der Waals surface area contributed by atoms with Crippen molar-refractivity contribution >= 4 is 27.5 Å². The minimum absolute atomic E-state index is 0.0418. The first-order valence-electron chi connectivity index (χ1n) is 6.76. The SMILES string of the molecule is O=C(CCOC1CCNCC1)Nc1cccc(Br)c1O. The van der Waals surface area contributed by atoms with Crippen molar-refractivity contribution in [2.75, 3.05) is 25.0 Å². The van der Waals surface area contributed by atoms with Gasteiger partial charge in [0.05, 0.1) is 29.3 Å². The van der Waals surface area contributed by atoms with Gasteiger partial charge in [0, 0.05) is 0 Å². The van der Waals surface area contributed by atoms with Crippen molar-refractivity contribution in [3.63, 3.8) is 0 Å². The molecule has 1 aliphatic heterocycles. The molecule has 3 N–H and O–H groups in total. The van der Waals surface area contributed by atoms with Gasteiger partial charge < -0.3 is 20.5 Å². The molecule has 2 rings (SSSR count).